The molecule has 19 heavy (non-hydrogen) atoms. The summed E-state index contributed by atoms with van der Waals surface area (Å²) in [6, 6.07) is 8.70. The monoisotopic (exact) mass is 263 g/mol. The smallest absolute Gasteiger partial charge is 0.283 e. The van der Waals surface area contributed by atoms with Crippen LogP contribution in [0.1, 0.15) is 28.9 Å². The normalized spacial score (nSPS) is 10.7. The minimum atomic E-state index is -2.86. The fourth-order valence-corrected chi connectivity index (χ4v) is 1.87. The van der Waals surface area contributed by atoms with Crippen molar-refractivity contribution in [3.05, 3.63) is 46.8 Å². The Kier molecular flexibility index (Phi) is 3.58. The molecule has 0 aliphatic carbocycles. The van der Waals surface area contributed by atoms with Crippen LogP contribution in [0.3, 0.4) is 0 Å². The minimum absolute atomic E-state index is 0.0726. The maximum absolute atomic E-state index is 12.8. The molecular weight excluding hydrogens is 252 g/mol. The number of nitrogens with zero attached hydrogens (tertiary/aromatic N) is 3. The van der Waals surface area contributed by atoms with E-state index in [9.17, 15) is 13.9 Å². The third-order valence-corrected chi connectivity index (χ3v) is 2.72. The van der Waals surface area contributed by atoms with Crippen molar-refractivity contribution in [3.8, 4) is 11.8 Å². The van der Waals surface area contributed by atoms with Gasteiger partial charge in [-0.2, -0.15) is 10.4 Å². The summed E-state index contributed by atoms with van der Waals surface area (Å²) in [5.41, 5.74) is 0.664. The Morgan fingerprint density at radius 3 is 2.74 bits per heavy atom. The minimum Gasteiger partial charge on any atom is -0.390 e. The molecule has 1 aromatic carbocycles. The number of aromatic nitrogens is 2. The predicted octanol–water partition coefficient (Wildman–Crippen LogP) is 2.48. The first-order valence-corrected chi connectivity index (χ1v) is 5.56. The number of alkyl halides is 2. The number of rotatable bonds is 3. The van der Waals surface area contributed by atoms with E-state index < -0.39 is 18.7 Å². The molecule has 6 heteroatoms. The van der Waals surface area contributed by atoms with Gasteiger partial charge in [0.2, 0.25) is 0 Å². The van der Waals surface area contributed by atoms with Crippen LogP contribution >= 0.6 is 0 Å². The number of benzene rings is 1. The van der Waals surface area contributed by atoms with Crippen molar-refractivity contribution in [3.63, 3.8) is 0 Å². The van der Waals surface area contributed by atoms with Crippen LogP contribution in [0, 0.1) is 18.3 Å². The van der Waals surface area contributed by atoms with E-state index in [1.54, 1.807) is 24.3 Å². The average molecular weight is 263 g/mol. The number of aliphatic hydroxyl groups excluding tert-OH is 1. The fraction of sp³-hybridized carbons (Fsp3) is 0.231. The van der Waals surface area contributed by atoms with Crippen LogP contribution in [0.15, 0.2) is 24.3 Å². The number of nitriles is 1. The number of aryl methyl sites for hydroxylation is 1. The van der Waals surface area contributed by atoms with Crippen molar-refractivity contribution in [1.29, 1.82) is 5.26 Å². The van der Waals surface area contributed by atoms with E-state index in [4.69, 9.17) is 5.26 Å². The Hall–Kier alpha value is -2.26. The standard InChI is InChI=1S/C13H11F2N3O/c1-8-3-2-4-9(5-8)18-11(7-19)10(6-16)12(17-18)13(14)15/h2-5,13,19H,7H2,1H3. The highest BCUT2D eigenvalue weighted by Crippen LogP contribution is 2.26. The third-order valence-electron chi connectivity index (χ3n) is 2.72. The molecule has 1 aromatic heterocycles. The zero-order valence-electron chi connectivity index (χ0n) is 10.1. The largest absolute Gasteiger partial charge is 0.390 e. The van der Waals surface area contributed by atoms with Crippen LogP contribution in [-0.2, 0) is 6.61 Å². The highest BCUT2D eigenvalue weighted by molar-refractivity contribution is 5.45. The molecule has 2 rings (SSSR count). The summed E-state index contributed by atoms with van der Waals surface area (Å²) in [6.45, 7) is 1.32. The Morgan fingerprint density at radius 2 is 2.21 bits per heavy atom. The second-order valence-electron chi connectivity index (χ2n) is 4.03. The summed E-state index contributed by atoms with van der Waals surface area (Å²) >= 11 is 0. The van der Waals surface area contributed by atoms with Crippen molar-refractivity contribution in [1.82, 2.24) is 9.78 Å². The lowest BCUT2D eigenvalue weighted by molar-refractivity contribution is 0.145. The van der Waals surface area contributed by atoms with Crippen molar-refractivity contribution < 1.29 is 13.9 Å². The maximum Gasteiger partial charge on any atom is 0.283 e. The molecule has 0 atom stereocenters. The molecule has 1 N–H and O–H groups in total. The molecule has 98 valence electrons. The summed E-state index contributed by atoms with van der Waals surface area (Å²) in [7, 11) is 0. The van der Waals surface area contributed by atoms with Gasteiger partial charge in [-0.05, 0) is 24.6 Å². The Labute approximate surface area is 108 Å². The van der Waals surface area contributed by atoms with Gasteiger partial charge >= 0.3 is 0 Å². The summed E-state index contributed by atoms with van der Waals surface area (Å²) in [6.07, 6.45) is -2.86. The molecule has 0 spiro atoms. The highest BCUT2D eigenvalue weighted by Gasteiger charge is 2.24. The predicted molar refractivity (Wildman–Crippen MR) is 63.9 cm³/mol. The van der Waals surface area contributed by atoms with Gasteiger partial charge < -0.3 is 5.11 Å². The van der Waals surface area contributed by atoms with Gasteiger partial charge in [-0.3, -0.25) is 0 Å². The van der Waals surface area contributed by atoms with E-state index in [0.29, 0.717) is 5.69 Å². The van der Waals surface area contributed by atoms with Gasteiger partial charge in [-0.25, -0.2) is 13.5 Å². The zero-order valence-corrected chi connectivity index (χ0v) is 10.1. The Bertz CT molecular complexity index is 644. The molecule has 1 heterocycles. The topological polar surface area (TPSA) is 61.8 Å². The summed E-state index contributed by atoms with van der Waals surface area (Å²) in [5, 5.41) is 22.0. The maximum atomic E-state index is 12.8. The molecule has 0 radical (unpaired) electrons. The SMILES string of the molecule is Cc1cccc(-n2nc(C(F)F)c(C#N)c2CO)c1. The first-order valence-electron chi connectivity index (χ1n) is 5.56. The molecule has 0 fully saturated rings. The third kappa shape index (κ3) is 2.33. The molecule has 0 aliphatic rings. The number of hydrogen-bond acceptors (Lipinski definition) is 3. The summed E-state index contributed by atoms with van der Waals surface area (Å²) in [4.78, 5) is 0. The fourth-order valence-electron chi connectivity index (χ4n) is 1.87. The van der Waals surface area contributed by atoms with Crippen molar-refractivity contribution in [2.45, 2.75) is 20.0 Å². The van der Waals surface area contributed by atoms with E-state index in [1.165, 1.54) is 4.68 Å². The quantitative estimate of drug-likeness (QED) is 0.925. The van der Waals surface area contributed by atoms with Crippen LogP contribution in [-0.4, -0.2) is 14.9 Å². The lowest BCUT2D eigenvalue weighted by atomic mass is 10.2. The molecule has 0 amide bonds. The summed E-state index contributed by atoms with van der Waals surface area (Å²) < 4.78 is 26.8. The Balaban J connectivity index is 2.67. The average Bonchev–Trinajstić information content (AvgIpc) is 2.77. The van der Waals surface area contributed by atoms with E-state index in [0.717, 1.165) is 5.56 Å². The Morgan fingerprint density at radius 1 is 1.47 bits per heavy atom. The van der Waals surface area contributed by atoms with E-state index in [1.807, 2.05) is 13.0 Å². The molecule has 4 nitrogen and oxygen atoms in total. The van der Waals surface area contributed by atoms with Crippen LogP contribution in [0.5, 0.6) is 0 Å². The number of hydrogen-bond donors (Lipinski definition) is 1. The van der Waals surface area contributed by atoms with Gasteiger partial charge in [0.1, 0.15) is 17.3 Å². The molecule has 2 aromatic rings. The van der Waals surface area contributed by atoms with Gasteiger partial charge in [0, 0.05) is 0 Å². The van der Waals surface area contributed by atoms with E-state index >= 15 is 0 Å². The zero-order chi connectivity index (χ0) is 14.0. The van der Waals surface area contributed by atoms with Crippen LogP contribution in [0.25, 0.3) is 5.69 Å². The number of aliphatic hydroxyl groups is 1. The van der Waals surface area contributed by atoms with E-state index in [-0.39, 0.29) is 11.3 Å². The highest BCUT2D eigenvalue weighted by atomic mass is 19.3. The van der Waals surface area contributed by atoms with Gasteiger partial charge in [-0.15, -0.1) is 0 Å². The number of halogens is 2. The summed E-state index contributed by atoms with van der Waals surface area (Å²) in [5.74, 6) is 0. The van der Waals surface area contributed by atoms with E-state index in [2.05, 4.69) is 5.10 Å². The van der Waals surface area contributed by atoms with Crippen molar-refractivity contribution in [2.75, 3.05) is 0 Å². The lowest BCUT2D eigenvalue weighted by Crippen LogP contribution is -2.03. The van der Waals surface area contributed by atoms with Gasteiger partial charge in [0.25, 0.3) is 6.43 Å². The van der Waals surface area contributed by atoms with Gasteiger partial charge in [0.05, 0.1) is 18.0 Å². The van der Waals surface area contributed by atoms with Crippen LogP contribution in [0.2, 0.25) is 0 Å². The second kappa shape index (κ2) is 5.16. The van der Waals surface area contributed by atoms with Crippen LogP contribution in [0.4, 0.5) is 8.78 Å². The molecule has 0 saturated carbocycles. The first-order chi connectivity index (χ1) is 9.08. The molecular formula is C13H11F2N3O. The van der Waals surface area contributed by atoms with Crippen molar-refractivity contribution >= 4 is 0 Å². The molecule has 0 aliphatic heterocycles. The first kappa shape index (κ1) is 13.2. The molecule has 0 saturated heterocycles. The van der Waals surface area contributed by atoms with Gasteiger partial charge in [-0.1, -0.05) is 12.1 Å². The lowest BCUT2D eigenvalue weighted by Gasteiger charge is -2.06. The van der Waals surface area contributed by atoms with Crippen LogP contribution < -0.4 is 0 Å². The molecule has 0 bridgehead atoms. The van der Waals surface area contributed by atoms with Gasteiger partial charge in [0.15, 0.2) is 0 Å². The molecule has 0 unspecified atom stereocenters. The second-order valence-corrected chi connectivity index (χ2v) is 4.03. The van der Waals surface area contributed by atoms with Crippen molar-refractivity contribution in [2.24, 2.45) is 0 Å².